The number of nitrogens with zero attached hydrogens (tertiary/aromatic N) is 1. The van der Waals surface area contributed by atoms with Gasteiger partial charge in [-0.1, -0.05) is 0 Å². The summed E-state index contributed by atoms with van der Waals surface area (Å²) < 4.78 is 0. The van der Waals surface area contributed by atoms with Crippen LogP contribution < -0.4 is 5.32 Å². The molecule has 2 fully saturated rings. The quantitative estimate of drug-likeness (QED) is 0.721. The van der Waals surface area contributed by atoms with Crippen LogP contribution in [-0.4, -0.2) is 37.1 Å². The number of likely N-dealkylation sites (N-methyl/N-ethyl adjacent to an activating group) is 1. The van der Waals surface area contributed by atoms with Gasteiger partial charge in [-0.15, -0.1) is 34.0 Å². The fourth-order valence-corrected chi connectivity index (χ4v) is 2.00. The van der Waals surface area contributed by atoms with Crippen molar-refractivity contribution in [2.45, 2.75) is 24.9 Å². The SMILES string of the molecule is Br.Br.CN1[C@@H]2CC[C@H]1CNC2. The molecule has 0 radical (unpaired) electrons. The molecule has 2 saturated heterocycles. The Morgan fingerprint density at radius 1 is 1.09 bits per heavy atom. The van der Waals surface area contributed by atoms with Crippen LogP contribution >= 0.6 is 34.0 Å². The minimum absolute atomic E-state index is 0. The van der Waals surface area contributed by atoms with E-state index >= 15 is 0 Å². The second-order valence-corrected chi connectivity index (χ2v) is 3.21. The molecule has 0 amide bonds. The Morgan fingerprint density at radius 3 is 1.91 bits per heavy atom. The first-order valence-electron chi connectivity index (χ1n) is 3.80. The van der Waals surface area contributed by atoms with Crippen molar-refractivity contribution in [2.24, 2.45) is 0 Å². The first-order chi connectivity index (χ1) is 4.38. The van der Waals surface area contributed by atoms with Gasteiger partial charge >= 0.3 is 0 Å². The highest BCUT2D eigenvalue weighted by atomic mass is 79.9. The molecule has 0 aromatic carbocycles. The summed E-state index contributed by atoms with van der Waals surface area (Å²) in [7, 11) is 2.25. The lowest BCUT2D eigenvalue weighted by atomic mass is 10.2. The summed E-state index contributed by atoms with van der Waals surface area (Å²) in [6.07, 6.45) is 2.82. The Balaban J connectivity index is 0.000000500. The molecule has 0 aromatic rings. The van der Waals surface area contributed by atoms with Crippen LogP contribution in [0.5, 0.6) is 0 Å². The summed E-state index contributed by atoms with van der Waals surface area (Å²) in [5, 5.41) is 3.44. The Bertz CT molecular complexity index is 105. The van der Waals surface area contributed by atoms with Crippen LogP contribution in [0.15, 0.2) is 0 Å². The predicted octanol–water partition coefficient (Wildman–Crippen LogP) is 1.21. The molecule has 0 aromatic heterocycles. The molecule has 68 valence electrons. The molecule has 2 atom stereocenters. The number of fused-ring (bicyclic) bond motifs is 2. The summed E-state index contributed by atoms with van der Waals surface area (Å²) >= 11 is 0. The molecule has 4 heteroatoms. The highest BCUT2D eigenvalue weighted by Gasteiger charge is 2.32. The standard InChI is InChI=1S/C7H14N2.2BrH/c1-9-6-2-3-7(9)5-8-4-6;;/h6-8H,2-5H2,1H3;2*1H/t6-,7+;;. The topological polar surface area (TPSA) is 15.3 Å². The fraction of sp³-hybridized carbons (Fsp3) is 1.00. The van der Waals surface area contributed by atoms with Gasteiger partial charge in [0, 0.05) is 25.2 Å². The van der Waals surface area contributed by atoms with E-state index < -0.39 is 0 Å². The third-order valence-corrected chi connectivity index (χ3v) is 2.74. The average molecular weight is 288 g/mol. The van der Waals surface area contributed by atoms with Crippen LogP contribution in [0.1, 0.15) is 12.8 Å². The molecule has 2 nitrogen and oxygen atoms in total. The molecule has 1 N–H and O–H groups in total. The van der Waals surface area contributed by atoms with Crippen molar-refractivity contribution in [3.05, 3.63) is 0 Å². The molecule has 0 unspecified atom stereocenters. The van der Waals surface area contributed by atoms with E-state index in [9.17, 15) is 0 Å². The monoisotopic (exact) mass is 286 g/mol. The van der Waals surface area contributed by atoms with Gasteiger partial charge in [0.1, 0.15) is 0 Å². The van der Waals surface area contributed by atoms with Crippen LogP contribution in [0.25, 0.3) is 0 Å². The number of nitrogens with one attached hydrogen (secondary N) is 1. The van der Waals surface area contributed by atoms with Crippen molar-refractivity contribution in [3.8, 4) is 0 Å². The minimum Gasteiger partial charge on any atom is -0.314 e. The zero-order valence-corrected chi connectivity index (χ0v) is 10.2. The van der Waals surface area contributed by atoms with E-state index in [1.165, 1.54) is 25.9 Å². The van der Waals surface area contributed by atoms with E-state index in [4.69, 9.17) is 0 Å². The lowest BCUT2D eigenvalue weighted by molar-refractivity contribution is 0.193. The largest absolute Gasteiger partial charge is 0.314 e. The molecule has 2 rings (SSSR count). The molecule has 0 spiro atoms. The lowest BCUT2D eigenvalue weighted by Gasteiger charge is -2.31. The third kappa shape index (κ3) is 2.17. The van der Waals surface area contributed by atoms with Crippen molar-refractivity contribution in [3.63, 3.8) is 0 Å². The van der Waals surface area contributed by atoms with Crippen molar-refractivity contribution >= 4 is 34.0 Å². The van der Waals surface area contributed by atoms with E-state index in [2.05, 4.69) is 17.3 Å². The Labute approximate surface area is 89.3 Å². The van der Waals surface area contributed by atoms with Crippen molar-refractivity contribution < 1.29 is 0 Å². The average Bonchev–Trinajstić information content (AvgIpc) is 2.19. The van der Waals surface area contributed by atoms with E-state index in [0.29, 0.717) is 0 Å². The van der Waals surface area contributed by atoms with Gasteiger partial charge in [-0.3, -0.25) is 4.90 Å². The summed E-state index contributed by atoms with van der Waals surface area (Å²) in [6.45, 7) is 2.43. The zero-order valence-electron chi connectivity index (χ0n) is 6.75. The van der Waals surface area contributed by atoms with Gasteiger partial charge < -0.3 is 5.32 Å². The van der Waals surface area contributed by atoms with E-state index in [0.717, 1.165) is 12.1 Å². The predicted molar refractivity (Wildman–Crippen MR) is 58.1 cm³/mol. The Morgan fingerprint density at radius 2 is 1.55 bits per heavy atom. The molecule has 0 saturated carbocycles. The van der Waals surface area contributed by atoms with Crippen molar-refractivity contribution in [2.75, 3.05) is 20.1 Å². The summed E-state index contributed by atoms with van der Waals surface area (Å²) in [5.41, 5.74) is 0. The van der Waals surface area contributed by atoms with Crippen LogP contribution in [0.4, 0.5) is 0 Å². The first kappa shape index (κ1) is 11.9. The molecular formula is C7H16Br2N2. The van der Waals surface area contributed by atoms with Crippen LogP contribution in [0, 0.1) is 0 Å². The van der Waals surface area contributed by atoms with Crippen LogP contribution in [0.2, 0.25) is 0 Å². The third-order valence-electron chi connectivity index (χ3n) is 2.74. The van der Waals surface area contributed by atoms with Gasteiger partial charge in [0.25, 0.3) is 0 Å². The number of rotatable bonds is 0. The Kier molecular flexibility index (Phi) is 5.18. The highest BCUT2D eigenvalue weighted by molar-refractivity contribution is 8.93. The van der Waals surface area contributed by atoms with E-state index in [-0.39, 0.29) is 34.0 Å². The number of hydrogen-bond donors (Lipinski definition) is 1. The maximum absolute atomic E-state index is 3.44. The maximum Gasteiger partial charge on any atom is 0.0221 e. The minimum atomic E-state index is 0. The maximum atomic E-state index is 3.44. The van der Waals surface area contributed by atoms with Gasteiger partial charge in [-0.05, 0) is 19.9 Å². The summed E-state index contributed by atoms with van der Waals surface area (Å²) in [6, 6.07) is 1.70. The number of piperazine rings is 1. The molecule has 2 aliphatic heterocycles. The van der Waals surface area contributed by atoms with Crippen LogP contribution in [0.3, 0.4) is 0 Å². The molecular weight excluding hydrogens is 272 g/mol. The summed E-state index contributed by atoms with van der Waals surface area (Å²) in [5.74, 6) is 0. The van der Waals surface area contributed by atoms with Crippen LogP contribution in [-0.2, 0) is 0 Å². The highest BCUT2D eigenvalue weighted by Crippen LogP contribution is 2.23. The fourth-order valence-electron chi connectivity index (χ4n) is 2.00. The van der Waals surface area contributed by atoms with Gasteiger partial charge in [0.05, 0.1) is 0 Å². The number of halogens is 2. The van der Waals surface area contributed by atoms with Crippen molar-refractivity contribution in [1.82, 2.24) is 10.2 Å². The Hall–Kier alpha value is 0.880. The van der Waals surface area contributed by atoms with Gasteiger partial charge in [-0.2, -0.15) is 0 Å². The van der Waals surface area contributed by atoms with Gasteiger partial charge in [-0.25, -0.2) is 0 Å². The second kappa shape index (κ2) is 4.80. The van der Waals surface area contributed by atoms with Gasteiger partial charge in [0.2, 0.25) is 0 Å². The molecule has 2 bridgehead atoms. The number of hydrogen-bond acceptors (Lipinski definition) is 2. The van der Waals surface area contributed by atoms with E-state index in [1.54, 1.807) is 0 Å². The second-order valence-electron chi connectivity index (χ2n) is 3.21. The van der Waals surface area contributed by atoms with E-state index in [1.807, 2.05) is 0 Å². The molecule has 2 heterocycles. The smallest absolute Gasteiger partial charge is 0.0221 e. The van der Waals surface area contributed by atoms with Gasteiger partial charge in [0.15, 0.2) is 0 Å². The molecule has 2 aliphatic rings. The first-order valence-corrected chi connectivity index (χ1v) is 3.80. The zero-order chi connectivity index (χ0) is 6.27. The lowest BCUT2D eigenvalue weighted by Crippen LogP contribution is -2.49. The normalized spacial score (nSPS) is 35.7. The molecule has 0 aliphatic carbocycles. The van der Waals surface area contributed by atoms with Crippen molar-refractivity contribution in [1.29, 1.82) is 0 Å². The summed E-state index contributed by atoms with van der Waals surface area (Å²) in [4.78, 5) is 2.52. The molecule has 11 heavy (non-hydrogen) atoms.